The molecule has 84 valence electrons. The largest absolute Gasteiger partial charge is 0.469 e. The summed E-state index contributed by atoms with van der Waals surface area (Å²) in [7, 11) is -2.16. The van der Waals surface area contributed by atoms with Crippen molar-refractivity contribution < 1.29 is 22.1 Å². The maximum absolute atomic E-state index is 11.0. The van der Waals surface area contributed by atoms with Crippen molar-refractivity contribution in [3.8, 4) is 0 Å². The quantitative estimate of drug-likeness (QED) is 0.504. The van der Waals surface area contributed by atoms with Gasteiger partial charge in [0.05, 0.1) is 25.4 Å². The van der Waals surface area contributed by atoms with Crippen LogP contribution in [0.4, 0.5) is 0 Å². The van der Waals surface area contributed by atoms with Gasteiger partial charge in [-0.05, 0) is 13.3 Å². The Balaban J connectivity index is 4.07. The minimum absolute atomic E-state index is 0.319. The standard InChI is InChI=1S/C8H16O5S/c1-6(8(9)12-3)5-7(2)13-14(4,10)11/h6-7H,5H2,1-4H3. The number of esters is 1. The molecular formula is C8H16O5S. The molecule has 0 radical (unpaired) electrons. The van der Waals surface area contributed by atoms with Gasteiger partial charge in [-0.2, -0.15) is 8.42 Å². The SMILES string of the molecule is COC(=O)C(C)CC(C)OS(C)(=O)=O. The fraction of sp³-hybridized carbons (Fsp3) is 0.875. The summed E-state index contributed by atoms with van der Waals surface area (Å²) in [4.78, 5) is 11.0. The predicted octanol–water partition coefficient (Wildman–Crippen LogP) is 0.550. The van der Waals surface area contributed by atoms with E-state index in [1.54, 1.807) is 13.8 Å². The van der Waals surface area contributed by atoms with Crippen molar-refractivity contribution in [2.75, 3.05) is 13.4 Å². The van der Waals surface area contributed by atoms with Crippen LogP contribution in [-0.4, -0.2) is 33.9 Å². The van der Waals surface area contributed by atoms with Crippen molar-refractivity contribution in [1.82, 2.24) is 0 Å². The molecule has 0 saturated heterocycles. The van der Waals surface area contributed by atoms with E-state index in [2.05, 4.69) is 8.92 Å². The molecule has 0 aromatic rings. The van der Waals surface area contributed by atoms with Gasteiger partial charge in [0.1, 0.15) is 0 Å². The summed E-state index contributed by atoms with van der Waals surface area (Å²) in [6, 6.07) is 0. The van der Waals surface area contributed by atoms with Gasteiger partial charge in [-0.25, -0.2) is 0 Å². The fourth-order valence-corrected chi connectivity index (χ4v) is 1.81. The minimum Gasteiger partial charge on any atom is -0.469 e. The van der Waals surface area contributed by atoms with Crippen molar-refractivity contribution in [3.05, 3.63) is 0 Å². The smallest absolute Gasteiger partial charge is 0.308 e. The first-order valence-electron chi connectivity index (χ1n) is 4.22. The maximum atomic E-state index is 11.0. The second kappa shape index (κ2) is 5.31. The molecule has 0 aromatic carbocycles. The monoisotopic (exact) mass is 224 g/mol. The number of carbonyl (C=O) groups is 1. The van der Waals surface area contributed by atoms with Gasteiger partial charge in [-0.15, -0.1) is 0 Å². The third kappa shape index (κ3) is 5.93. The van der Waals surface area contributed by atoms with Gasteiger partial charge in [0.15, 0.2) is 0 Å². The lowest BCUT2D eigenvalue weighted by Crippen LogP contribution is -2.21. The van der Waals surface area contributed by atoms with E-state index in [1.807, 2.05) is 0 Å². The van der Waals surface area contributed by atoms with Gasteiger partial charge in [0.25, 0.3) is 10.1 Å². The molecule has 0 aliphatic carbocycles. The van der Waals surface area contributed by atoms with Crippen molar-refractivity contribution >= 4 is 16.1 Å². The molecule has 0 aliphatic rings. The van der Waals surface area contributed by atoms with Crippen molar-refractivity contribution in [1.29, 1.82) is 0 Å². The third-order valence-electron chi connectivity index (χ3n) is 1.63. The third-order valence-corrected chi connectivity index (χ3v) is 2.31. The van der Waals surface area contributed by atoms with Crippen LogP contribution < -0.4 is 0 Å². The van der Waals surface area contributed by atoms with Crippen molar-refractivity contribution in [2.24, 2.45) is 5.92 Å². The summed E-state index contributed by atoms with van der Waals surface area (Å²) in [5, 5.41) is 0. The van der Waals surface area contributed by atoms with Crippen LogP contribution in [0.15, 0.2) is 0 Å². The van der Waals surface area contributed by atoms with Gasteiger partial charge >= 0.3 is 5.97 Å². The topological polar surface area (TPSA) is 69.7 Å². The molecule has 0 spiro atoms. The molecule has 14 heavy (non-hydrogen) atoms. The summed E-state index contributed by atoms with van der Waals surface area (Å²) in [6.07, 6.45) is 0.783. The summed E-state index contributed by atoms with van der Waals surface area (Å²) >= 11 is 0. The van der Waals surface area contributed by atoms with Gasteiger partial charge in [-0.1, -0.05) is 6.92 Å². The second-order valence-corrected chi connectivity index (χ2v) is 4.87. The molecule has 0 amide bonds. The van der Waals surface area contributed by atoms with Crippen LogP contribution >= 0.6 is 0 Å². The molecule has 0 N–H and O–H groups in total. The highest BCUT2D eigenvalue weighted by Gasteiger charge is 2.19. The predicted molar refractivity (Wildman–Crippen MR) is 51.2 cm³/mol. The van der Waals surface area contributed by atoms with E-state index in [0.717, 1.165) is 6.26 Å². The van der Waals surface area contributed by atoms with E-state index in [1.165, 1.54) is 7.11 Å². The Kier molecular flexibility index (Phi) is 5.07. The molecule has 5 nitrogen and oxygen atoms in total. The Labute approximate surface area is 84.5 Å². The summed E-state index contributed by atoms with van der Waals surface area (Å²) < 4.78 is 30.6. The molecule has 0 heterocycles. The first-order valence-corrected chi connectivity index (χ1v) is 6.04. The molecule has 2 unspecified atom stereocenters. The Morgan fingerprint density at radius 3 is 2.21 bits per heavy atom. The molecule has 0 bridgehead atoms. The number of ether oxygens (including phenoxy) is 1. The molecule has 0 fully saturated rings. The number of hydrogen-bond donors (Lipinski definition) is 0. The van der Waals surface area contributed by atoms with Crippen molar-refractivity contribution in [2.45, 2.75) is 26.4 Å². The zero-order chi connectivity index (χ0) is 11.4. The lowest BCUT2D eigenvalue weighted by molar-refractivity contribution is -0.145. The van der Waals surface area contributed by atoms with E-state index in [4.69, 9.17) is 0 Å². The van der Waals surface area contributed by atoms with Gasteiger partial charge in [-0.3, -0.25) is 8.98 Å². The van der Waals surface area contributed by atoms with E-state index in [9.17, 15) is 13.2 Å². The van der Waals surface area contributed by atoms with Crippen LogP contribution in [0.5, 0.6) is 0 Å². The zero-order valence-electron chi connectivity index (χ0n) is 8.81. The molecular weight excluding hydrogens is 208 g/mol. The number of methoxy groups -OCH3 is 1. The van der Waals surface area contributed by atoms with Crippen LogP contribution in [0, 0.1) is 5.92 Å². The Morgan fingerprint density at radius 1 is 1.36 bits per heavy atom. The van der Waals surface area contributed by atoms with Gasteiger partial charge in [0, 0.05) is 0 Å². The molecule has 0 rings (SSSR count). The van der Waals surface area contributed by atoms with Crippen LogP contribution in [0.2, 0.25) is 0 Å². The molecule has 0 aromatic heterocycles. The van der Waals surface area contributed by atoms with Crippen LogP contribution in [0.25, 0.3) is 0 Å². The lowest BCUT2D eigenvalue weighted by atomic mass is 10.1. The molecule has 0 saturated carbocycles. The maximum Gasteiger partial charge on any atom is 0.308 e. The average Bonchev–Trinajstić information content (AvgIpc) is 1.99. The molecule has 6 heteroatoms. The Hall–Kier alpha value is -0.620. The fourth-order valence-electron chi connectivity index (χ4n) is 1.13. The first-order chi connectivity index (χ1) is 6.26. The zero-order valence-corrected chi connectivity index (χ0v) is 9.63. The Bertz CT molecular complexity index is 282. The summed E-state index contributed by atoms with van der Waals surface area (Å²) in [5.74, 6) is -0.731. The van der Waals surface area contributed by atoms with E-state index >= 15 is 0 Å². The van der Waals surface area contributed by atoms with Crippen LogP contribution in [-0.2, 0) is 23.8 Å². The number of carbonyl (C=O) groups excluding carboxylic acids is 1. The highest BCUT2D eigenvalue weighted by atomic mass is 32.2. The van der Waals surface area contributed by atoms with Gasteiger partial charge < -0.3 is 4.74 Å². The normalized spacial score (nSPS) is 16.0. The highest BCUT2D eigenvalue weighted by Crippen LogP contribution is 2.11. The Morgan fingerprint density at radius 2 is 1.86 bits per heavy atom. The highest BCUT2D eigenvalue weighted by molar-refractivity contribution is 7.86. The van der Waals surface area contributed by atoms with E-state index < -0.39 is 16.2 Å². The second-order valence-electron chi connectivity index (χ2n) is 3.27. The van der Waals surface area contributed by atoms with Crippen LogP contribution in [0.1, 0.15) is 20.3 Å². The van der Waals surface area contributed by atoms with E-state index in [-0.39, 0.29) is 11.9 Å². The summed E-state index contributed by atoms with van der Waals surface area (Å²) in [6.45, 7) is 3.26. The minimum atomic E-state index is -3.45. The van der Waals surface area contributed by atoms with Crippen molar-refractivity contribution in [3.63, 3.8) is 0 Å². The summed E-state index contributed by atoms with van der Waals surface area (Å²) in [5.41, 5.74) is 0. The molecule has 2 atom stereocenters. The number of hydrogen-bond acceptors (Lipinski definition) is 5. The van der Waals surface area contributed by atoms with Crippen LogP contribution in [0.3, 0.4) is 0 Å². The number of rotatable bonds is 5. The van der Waals surface area contributed by atoms with Gasteiger partial charge in [0.2, 0.25) is 0 Å². The first kappa shape index (κ1) is 13.4. The average molecular weight is 224 g/mol. The van der Waals surface area contributed by atoms with E-state index in [0.29, 0.717) is 6.42 Å². The lowest BCUT2D eigenvalue weighted by Gasteiger charge is -2.14. The molecule has 0 aliphatic heterocycles.